The van der Waals surface area contributed by atoms with Crippen LogP contribution >= 0.6 is 0 Å². The van der Waals surface area contributed by atoms with Crippen LogP contribution in [0.15, 0.2) is 18.2 Å². The zero-order chi connectivity index (χ0) is 11.4. The molecule has 0 unspecified atom stereocenters. The van der Waals surface area contributed by atoms with Crippen LogP contribution in [0, 0.1) is 11.3 Å². The molecule has 1 aromatic rings. The van der Waals surface area contributed by atoms with Gasteiger partial charge in [-0.25, -0.2) is 0 Å². The van der Waals surface area contributed by atoms with Crippen molar-refractivity contribution in [2.45, 2.75) is 31.8 Å². The molecule has 0 spiro atoms. The standard InChI is InChI=1S/C13H15NO2/c1-15-13-9-10(7-8-14)5-6-12(13)16-11-3-2-4-11/h5-6,9,11H,2-4,7H2,1H3. The fourth-order valence-corrected chi connectivity index (χ4v) is 1.68. The first-order valence-electron chi connectivity index (χ1n) is 5.54. The molecule has 0 bridgehead atoms. The normalized spacial score (nSPS) is 15.0. The summed E-state index contributed by atoms with van der Waals surface area (Å²) in [5.41, 5.74) is 0.959. The summed E-state index contributed by atoms with van der Waals surface area (Å²) in [4.78, 5) is 0. The Hall–Kier alpha value is -1.69. The molecule has 0 N–H and O–H groups in total. The zero-order valence-corrected chi connectivity index (χ0v) is 9.40. The molecule has 1 fully saturated rings. The van der Waals surface area contributed by atoms with Crippen molar-refractivity contribution in [3.05, 3.63) is 23.8 Å². The SMILES string of the molecule is COc1cc(CC#N)ccc1OC1CCC1. The second kappa shape index (κ2) is 4.89. The molecular formula is C13H15NO2. The van der Waals surface area contributed by atoms with Gasteiger partial charge in [0, 0.05) is 0 Å². The summed E-state index contributed by atoms with van der Waals surface area (Å²) in [6, 6.07) is 7.80. The molecule has 0 aromatic heterocycles. The summed E-state index contributed by atoms with van der Waals surface area (Å²) in [5.74, 6) is 1.51. The number of benzene rings is 1. The number of ether oxygens (including phenoxy) is 2. The third kappa shape index (κ3) is 2.27. The van der Waals surface area contributed by atoms with Gasteiger partial charge in [-0.3, -0.25) is 0 Å². The van der Waals surface area contributed by atoms with Crippen LogP contribution in [0.1, 0.15) is 24.8 Å². The number of hydrogen-bond acceptors (Lipinski definition) is 3. The van der Waals surface area contributed by atoms with E-state index in [1.54, 1.807) is 7.11 Å². The topological polar surface area (TPSA) is 42.2 Å². The van der Waals surface area contributed by atoms with Gasteiger partial charge in [-0.15, -0.1) is 0 Å². The smallest absolute Gasteiger partial charge is 0.161 e. The predicted molar refractivity (Wildman–Crippen MR) is 60.6 cm³/mol. The number of rotatable bonds is 4. The number of nitriles is 1. The van der Waals surface area contributed by atoms with E-state index in [9.17, 15) is 0 Å². The Morgan fingerprint density at radius 1 is 1.38 bits per heavy atom. The van der Waals surface area contributed by atoms with E-state index in [2.05, 4.69) is 6.07 Å². The number of hydrogen-bond donors (Lipinski definition) is 0. The zero-order valence-electron chi connectivity index (χ0n) is 9.40. The molecule has 2 rings (SSSR count). The number of nitrogens with zero attached hydrogens (tertiary/aromatic N) is 1. The highest BCUT2D eigenvalue weighted by molar-refractivity contribution is 5.43. The first-order valence-corrected chi connectivity index (χ1v) is 5.54. The van der Waals surface area contributed by atoms with E-state index in [0.717, 1.165) is 29.9 Å². The van der Waals surface area contributed by atoms with Gasteiger partial charge in [0.25, 0.3) is 0 Å². The van der Waals surface area contributed by atoms with Crippen LogP contribution < -0.4 is 9.47 Å². The lowest BCUT2D eigenvalue weighted by Crippen LogP contribution is -2.24. The van der Waals surface area contributed by atoms with Crippen LogP contribution in [-0.4, -0.2) is 13.2 Å². The Morgan fingerprint density at radius 3 is 2.75 bits per heavy atom. The van der Waals surface area contributed by atoms with Gasteiger partial charge in [0.15, 0.2) is 11.5 Å². The van der Waals surface area contributed by atoms with Crippen LogP contribution in [-0.2, 0) is 6.42 Å². The van der Waals surface area contributed by atoms with Crippen LogP contribution in [0.4, 0.5) is 0 Å². The fourth-order valence-electron chi connectivity index (χ4n) is 1.68. The van der Waals surface area contributed by atoms with Gasteiger partial charge in [-0.1, -0.05) is 6.07 Å². The van der Waals surface area contributed by atoms with Gasteiger partial charge >= 0.3 is 0 Å². The van der Waals surface area contributed by atoms with Crippen molar-refractivity contribution in [3.8, 4) is 17.6 Å². The Balaban J connectivity index is 2.14. The van der Waals surface area contributed by atoms with E-state index in [0.29, 0.717) is 12.5 Å². The summed E-state index contributed by atoms with van der Waals surface area (Å²) in [6.07, 6.45) is 4.25. The second-order valence-corrected chi connectivity index (χ2v) is 3.99. The summed E-state index contributed by atoms with van der Waals surface area (Å²) in [7, 11) is 1.62. The van der Waals surface area contributed by atoms with Gasteiger partial charge in [0.2, 0.25) is 0 Å². The van der Waals surface area contributed by atoms with Crippen molar-refractivity contribution in [2.75, 3.05) is 7.11 Å². The molecule has 3 heteroatoms. The minimum Gasteiger partial charge on any atom is -0.493 e. The minimum absolute atomic E-state index is 0.343. The Morgan fingerprint density at radius 2 is 2.19 bits per heavy atom. The van der Waals surface area contributed by atoms with E-state index < -0.39 is 0 Å². The minimum atomic E-state index is 0.343. The molecule has 3 nitrogen and oxygen atoms in total. The van der Waals surface area contributed by atoms with Gasteiger partial charge in [-0.05, 0) is 37.0 Å². The average Bonchev–Trinajstić information content (AvgIpc) is 2.25. The van der Waals surface area contributed by atoms with Gasteiger partial charge in [0.05, 0.1) is 25.7 Å². The van der Waals surface area contributed by atoms with Crippen LogP contribution in [0.5, 0.6) is 11.5 Å². The maximum atomic E-state index is 8.62. The molecule has 0 radical (unpaired) electrons. The molecule has 0 saturated heterocycles. The van der Waals surface area contributed by atoms with E-state index in [4.69, 9.17) is 14.7 Å². The van der Waals surface area contributed by atoms with Gasteiger partial charge in [0.1, 0.15) is 0 Å². The van der Waals surface area contributed by atoms with Crippen molar-refractivity contribution in [1.82, 2.24) is 0 Å². The highest BCUT2D eigenvalue weighted by Gasteiger charge is 2.20. The van der Waals surface area contributed by atoms with E-state index >= 15 is 0 Å². The average molecular weight is 217 g/mol. The quantitative estimate of drug-likeness (QED) is 0.778. The monoisotopic (exact) mass is 217 g/mol. The maximum Gasteiger partial charge on any atom is 0.161 e. The van der Waals surface area contributed by atoms with Crippen molar-refractivity contribution in [1.29, 1.82) is 5.26 Å². The first-order chi connectivity index (χ1) is 7.83. The number of methoxy groups -OCH3 is 1. The summed E-state index contributed by atoms with van der Waals surface area (Å²) in [5, 5.41) is 8.62. The molecule has 1 aliphatic carbocycles. The van der Waals surface area contributed by atoms with Crippen LogP contribution in [0.2, 0.25) is 0 Å². The Labute approximate surface area is 95.6 Å². The van der Waals surface area contributed by atoms with Crippen molar-refractivity contribution >= 4 is 0 Å². The molecule has 0 atom stereocenters. The first kappa shape index (κ1) is 10.8. The van der Waals surface area contributed by atoms with Crippen molar-refractivity contribution in [3.63, 3.8) is 0 Å². The second-order valence-electron chi connectivity index (χ2n) is 3.99. The van der Waals surface area contributed by atoms with Gasteiger partial charge < -0.3 is 9.47 Å². The van der Waals surface area contributed by atoms with Crippen molar-refractivity contribution < 1.29 is 9.47 Å². The lowest BCUT2D eigenvalue weighted by atomic mass is 9.96. The lowest BCUT2D eigenvalue weighted by Gasteiger charge is -2.27. The van der Waals surface area contributed by atoms with E-state index in [-0.39, 0.29) is 0 Å². The molecule has 0 amide bonds. The summed E-state index contributed by atoms with van der Waals surface area (Å²) in [6.45, 7) is 0. The van der Waals surface area contributed by atoms with Crippen LogP contribution in [0.25, 0.3) is 0 Å². The van der Waals surface area contributed by atoms with E-state index in [1.165, 1.54) is 6.42 Å². The van der Waals surface area contributed by atoms with E-state index in [1.807, 2.05) is 18.2 Å². The fraction of sp³-hybridized carbons (Fsp3) is 0.462. The third-order valence-corrected chi connectivity index (χ3v) is 2.86. The molecule has 0 aliphatic heterocycles. The highest BCUT2D eigenvalue weighted by atomic mass is 16.5. The maximum absolute atomic E-state index is 8.62. The van der Waals surface area contributed by atoms with Crippen molar-refractivity contribution in [2.24, 2.45) is 0 Å². The molecule has 1 aliphatic rings. The molecule has 1 saturated carbocycles. The molecule has 1 aromatic carbocycles. The molecule has 16 heavy (non-hydrogen) atoms. The Kier molecular flexibility index (Phi) is 3.31. The highest BCUT2D eigenvalue weighted by Crippen LogP contribution is 2.32. The molecule has 84 valence electrons. The lowest BCUT2D eigenvalue weighted by molar-refractivity contribution is 0.116. The third-order valence-electron chi connectivity index (χ3n) is 2.86. The van der Waals surface area contributed by atoms with Gasteiger partial charge in [-0.2, -0.15) is 5.26 Å². The molecule has 0 heterocycles. The Bertz CT molecular complexity index is 405. The summed E-state index contributed by atoms with van der Waals surface area (Å²) < 4.78 is 11.1. The predicted octanol–water partition coefficient (Wildman–Crippen LogP) is 2.69. The molecular weight excluding hydrogens is 202 g/mol. The largest absolute Gasteiger partial charge is 0.493 e. The summed E-state index contributed by atoms with van der Waals surface area (Å²) >= 11 is 0. The van der Waals surface area contributed by atoms with Crippen LogP contribution in [0.3, 0.4) is 0 Å².